The maximum atomic E-state index is 11.6. The minimum absolute atomic E-state index is 0.0607. The minimum atomic E-state index is -3.11. The van der Waals surface area contributed by atoms with Gasteiger partial charge < -0.3 is 5.11 Å². The Labute approximate surface area is 115 Å². The zero-order chi connectivity index (χ0) is 14.0. The SMILES string of the molecule is CCS(=O)(=O)Cc1nc(C2CC2)c(/C=C/C(=O)O)s1. The highest BCUT2D eigenvalue weighted by Crippen LogP contribution is 2.43. The lowest BCUT2D eigenvalue weighted by Crippen LogP contribution is -2.06. The summed E-state index contributed by atoms with van der Waals surface area (Å²) in [5.74, 6) is -0.624. The summed E-state index contributed by atoms with van der Waals surface area (Å²) in [6.45, 7) is 1.61. The van der Waals surface area contributed by atoms with Gasteiger partial charge in [-0.05, 0) is 18.9 Å². The van der Waals surface area contributed by atoms with E-state index in [2.05, 4.69) is 4.98 Å². The van der Waals surface area contributed by atoms with E-state index in [0.29, 0.717) is 10.9 Å². The third-order valence-electron chi connectivity index (χ3n) is 2.85. The molecule has 2 rings (SSSR count). The Kier molecular flexibility index (Phi) is 4.05. The Bertz CT molecular complexity index is 612. The summed E-state index contributed by atoms with van der Waals surface area (Å²) in [7, 11) is -3.11. The van der Waals surface area contributed by atoms with E-state index in [1.807, 2.05) is 0 Å². The van der Waals surface area contributed by atoms with Crippen molar-refractivity contribution in [2.75, 3.05) is 5.75 Å². The Morgan fingerprint density at radius 3 is 2.74 bits per heavy atom. The van der Waals surface area contributed by atoms with Gasteiger partial charge in [-0.25, -0.2) is 18.2 Å². The summed E-state index contributed by atoms with van der Waals surface area (Å²) in [5.41, 5.74) is 0.851. The lowest BCUT2D eigenvalue weighted by Gasteiger charge is -1.95. The van der Waals surface area contributed by atoms with Crippen LogP contribution < -0.4 is 0 Å². The van der Waals surface area contributed by atoms with Crippen LogP contribution in [-0.4, -0.2) is 30.2 Å². The fraction of sp³-hybridized carbons (Fsp3) is 0.500. The molecule has 0 bridgehead atoms. The highest BCUT2D eigenvalue weighted by molar-refractivity contribution is 7.90. The van der Waals surface area contributed by atoms with E-state index in [-0.39, 0.29) is 11.5 Å². The highest BCUT2D eigenvalue weighted by atomic mass is 32.2. The fourth-order valence-electron chi connectivity index (χ4n) is 1.66. The van der Waals surface area contributed by atoms with Gasteiger partial charge in [-0.2, -0.15) is 0 Å². The summed E-state index contributed by atoms with van der Waals surface area (Å²) in [5, 5.41) is 9.20. The number of carbonyl (C=O) groups is 1. The molecule has 0 spiro atoms. The molecule has 104 valence electrons. The number of aliphatic carboxylic acids is 1. The molecular weight excluding hydrogens is 286 g/mol. The Hall–Kier alpha value is -1.21. The molecule has 7 heteroatoms. The molecule has 0 radical (unpaired) electrons. The van der Waals surface area contributed by atoms with Gasteiger partial charge in [-0.15, -0.1) is 11.3 Å². The molecule has 0 aromatic carbocycles. The Balaban J connectivity index is 2.27. The van der Waals surface area contributed by atoms with Crippen LogP contribution in [0.2, 0.25) is 0 Å². The van der Waals surface area contributed by atoms with Crippen LogP contribution in [0.4, 0.5) is 0 Å². The van der Waals surface area contributed by atoms with E-state index in [0.717, 1.165) is 29.5 Å². The van der Waals surface area contributed by atoms with Gasteiger partial charge >= 0.3 is 5.97 Å². The average molecular weight is 301 g/mol. The first-order valence-corrected chi connectivity index (χ1v) is 8.66. The van der Waals surface area contributed by atoms with Gasteiger partial charge in [0.15, 0.2) is 9.84 Å². The van der Waals surface area contributed by atoms with Gasteiger partial charge in [0.25, 0.3) is 0 Å². The first kappa shape index (κ1) is 14.2. The number of rotatable bonds is 6. The lowest BCUT2D eigenvalue weighted by atomic mass is 10.2. The largest absolute Gasteiger partial charge is 0.478 e. The summed E-state index contributed by atoms with van der Waals surface area (Å²) < 4.78 is 23.2. The second-order valence-corrected chi connectivity index (χ2v) is 7.95. The number of nitrogens with zero attached hydrogens (tertiary/aromatic N) is 1. The van der Waals surface area contributed by atoms with Crippen molar-refractivity contribution < 1.29 is 18.3 Å². The molecule has 0 aliphatic heterocycles. The minimum Gasteiger partial charge on any atom is -0.478 e. The average Bonchev–Trinajstić information content (AvgIpc) is 3.09. The predicted octanol–water partition coefficient (Wildman–Crippen LogP) is 2.05. The molecule has 0 unspecified atom stereocenters. The van der Waals surface area contributed by atoms with Crippen LogP contribution in [0.1, 0.15) is 41.3 Å². The van der Waals surface area contributed by atoms with Crippen molar-refractivity contribution >= 4 is 33.2 Å². The van der Waals surface area contributed by atoms with Gasteiger partial charge in [0, 0.05) is 17.7 Å². The van der Waals surface area contributed by atoms with E-state index >= 15 is 0 Å². The smallest absolute Gasteiger partial charge is 0.328 e. The van der Waals surface area contributed by atoms with Crippen molar-refractivity contribution in [3.05, 3.63) is 21.7 Å². The predicted molar refractivity (Wildman–Crippen MR) is 73.9 cm³/mol. The van der Waals surface area contributed by atoms with E-state index in [9.17, 15) is 13.2 Å². The molecule has 1 N–H and O–H groups in total. The van der Waals surface area contributed by atoms with E-state index < -0.39 is 15.8 Å². The molecule has 0 saturated heterocycles. The first-order valence-electron chi connectivity index (χ1n) is 6.02. The van der Waals surface area contributed by atoms with Crippen LogP contribution in [0, 0.1) is 0 Å². The number of aromatic nitrogens is 1. The van der Waals surface area contributed by atoms with Crippen LogP contribution in [0.15, 0.2) is 6.08 Å². The molecule has 1 heterocycles. The maximum absolute atomic E-state index is 11.6. The highest BCUT2D eigenvalue weighted by Gasteiger charge is 2.29. The van der Waals surface area contributed by atoms with Gasteiger partial charge in [0.05, 0.1) is 10.6 Å². The Morgan fingerprint density at radius 2 is 2.21 bits per heavy atom. The molecule has 1 aliphatic rings. The van der Waals surface area contributed by atoms with Crippen LogP contribution in [0.3, 0.4) is 0 Å². The molecule has 1 aliphatic carbocycles. The quantitative estimate of drug-likeness (QED) is 0.813. The molecule has 0 atom stereocenters. The van der Waals surface area contributed by atoms with Crippen LogP contribution in [0.25, 0.3) is 6.08 Å². The number of hydrogen-bond acceptors (Lipinski definition) is 5. The number of sulfone groups is 1. The van der Waals surface area contributed by atoms with Gasteiger partial charge in [-0.3, -0.25) is 0 Å². The summed E-state index contributed by atoms with van der Waals surface area (Å²) in [6, 6.07) is 0. The lowest BCUT2D eigenvalue weighted by molar-refractivity contribution is -0.131. The monoisotopic (exact) mass is 301 g/mol. The third kappa shape index (κ3) is 3.87. The standard InChI is InChI=1S/C12H15NO4S2/c1-2-19(16,17)7-10-13-12(8-3-4-8)9(18-10)5-6-11(14)15/h5-6,8H,2-4,7H2,1H3,(H,14,15)/b6-5+. The van der Waals surface area contributed by atoms with E-state index in [4.69, 9.17) is 5.11 Å². The maximum Gasteiger partial charge on any atom is 0.328 e. The van der Waals surface area contributed by atoms with Crippen molar-refractivity contribution in [2.45, 2.75) is 31.4 Å². The molecular formula is C12H15NO4S2. The van der Waals surface area contributed by atoms with E-state index in [1.165, 1.54) is 17.4 Å². The summed E-state index contributed by atoms with van der Waals surface area (Å²) in [6.07, 6.45) is 4.66. The van der Waals surface area contributed by atoms with Crippen molar-refractivity contribution in [3.8, 4) is 0 Å². The van der Waals surface area contributed by atoms with Gasteiger partial charge in [0.2, 0.25) is 0 Å². The zero-order valence-corrected chi connectivity index (χ0v) is 12.1. The van der Waals surface area contributed by atoms with Crippen LogP contribution in [-0.2, 0) is 20.4 Å². The number of thiazole rings is 1. The van der Waals surface area contributed by atoms with Gasteiger partial charge in [-0.1, -0.05) is 6.92 Å². The second kappa shape index (κ2) is 5.42. The number of carboxylic acid groups (broad SMARTS) is 1. The van der Waals surface area contributed by atoms with Crippen molar-refractivity contribution in [2.24, 2.45) is 0 Å². The normalized spacial score (nSPS) is 16.1. The molecule has 1 saturated carbocycles. The summed E-state index contributed by atoms with van der Waals surface area (Å²) >= 11 is 1.27. The van der Waals surface area contributed by atoms with Crippen molar-refractivity contribution in [3.63, 3.8) is 0 Å². The number of carboxylic acids is 1. The topological polar surface area (TPSA) is 84.3 Å². The molecule has 19 heavy (non-hydrogen) atoms. The van der Waals surface area contributed by atoms with Gasteiger partial charge in [0.1, 0.15) is 10.8 Å². The van der Waals surface area contributed by atoms with Crippen LogP contribution in [0.5, 0.6) is 0 Å². The fourth-order valence-corrected chi connectivity index (χ4v) is 3.93. The number of hydrogen-bond donors (Lipinski definition) is 1. The molecule has 5 nitrogen and oxygen atoms in total. The van der Waals surface area contributed by atoms with Crippen molar-refractivity contribution in [1.82, 2.24) is 4.98 Å². The zero-order valence-electron chi connectivity index (χ0n) is 10.5. The van der Waals surface area contributed by atoms with E-state index in [1.54, 1.807) is 6.92 Å². The summed E-state index contributed by atoms with van der Waals surface area (Å²) in [4.78, 5) is 15.7. The molecule has 1 aromatic rings. The third-order valence-corrected chi connectivity index (χ3v) is 5.66. The van der Waals surface area contributed by atoms with Crippen LogP contribution >= 0.6 is 11.3 Å². The second-order valence-electron chi connectivity index (χ2n) is 4.48. The molecule has 1 fully saturated rings. The Morgan fingerprint density at radius 1 is 1.53 bits per heavy atom. The first-order chi connectivity index (χ1) is 8.91. The molecule has 1 aromatic heterocycles. The molecule has 0 amide bonds. The van der Waals surface area contributed by atoms with Crippen molar-refractivity contribution in [1.29, 1.82) is 0 Å².